The van der Waals surface area contributed by atoms with Gasteiger partial charge >= 0.3 is 0 Å². The second-order valence-corrected chi connectivity index (χ2v) is 8.08. The maximum absolute atomic E-state index is 12.4. The van der Waals surface area contributed by atoms with Crippen molar-refractivity contribution < 1.29 is 8.42 Å². The first kappa shape index (κ1) is 16.3. The second-order valence-electron chi connectivity index (χ2n) is 4.24. The van der Waals surface area contributed by atoms with Crippen LogP contribution < -0.4 is 4.72 Å². The minimum atomic E-state index is -3.83. The quantitative estimate of drug-likeness (QED) is 0.896. The molecule has 1 aromatic carbocycles. The minimum absolute atomic E-state index is 0.0675. The van der Waals surface area contributed by atoms with Crippen LogP contribution in [-0.2, 0) is 10.0 Å². The monoisotopic (exact) mass is 360 g/mol. The van der Waals surface area contributed by atoms with Crippen molar-refractivity contribution in [2.24, 2.45) is 0 Å². The van der Waals surface area contributed by atoms with Crippen molar-refractivity contribution in [2.75, 3.05) is 0 Å². The summed E-state index contributed by atoms with van der Waals surface area (Å²) in [5, 5.41) is 8.93. The highest BCUT2D eigenvalue weighted by atomic mass is 35.5. The molecule has 4 nitrogen and oxygen atoms in total. The Morgan fingerprint density at radius 3 is 2.57 bits per heavy atom. The zero-order chi connectivity index (χ0) is 15.6. The fourth-order valence-corrected chi connectivity index (χ4v) is 4.58. The highest BCUT2D eigenvalue weighted by Crippen LogP contribution is 2.29. The Morgan fingerprint density at radius 2 is 2.00 bits per heavy atom. The molecule has 0 spiro atoms. The molecule has 1 aromatic heterocycles. The van der Waals surface area contributed by atoms with Gasteiger partial charge in [-0.1, -0.05) is 23.2 Å². The van der Waals surface area contributed by atoms with E-state index in [1.165, 1.54) is 29.5 Å². The third-order valence-corrected chi connectivity index (χ3v) is 6.14. The summed E-state index contributed by atoms with van der Waals surface area (Å²) in [6.07, 6.45) is 0. The van der Waals surface area contributed by atoms with Crippen molar-refractivity contribution in [3.8, 4) is 6.07 Å². The van der Waals surface area contributed by atoms with E-state index >= 15 is 0 Å². The van der Waals surface area contributed by atoms with Crippen LogP contribution in [0.5, 0.6) is 0 Å². The molecule has 0 bridgehead atoms. The van der Waals surface area contributed by atoms with Crippen molar-refractivity contribution >= 4 is 44.6 Å². The van der Waals surface area contributed by atoms with Crippen LogP contribution in [0.2, 0.25) is 9.36 Å². The van der Waals surface area contributed by atoms with Gasteiger partial charge in [0.25, 0.3) is 0 Å². The van der Waals surface area contributed by atoms with Gasteiger partial charge in [-0.05, 0) is 37.3 Å². The molecule has 0 aliphatic carbocycles. The standard InChI is InChI=1S/C13H10Cl2N2O2S2/c1-8(11-4-5-13(15)20-11)17-21(18,19)12-6-9(7-16)2-3-10(12)14/h2-6,8,17H,1H3. The molecule has 0 saturated carbocycles. The summed E-state index contributed by atoms with van der Waals surface area (Å²) in [4.78, 5) is 0.675. The molecule has 0 aliphatic rings. The fraction of sp³-hybridized carbons (Fsp3) is 0.154. The van der Waals surface area contributed by atoms with Gasteiger partial charge in [0.15, 0.2) is 0 Å². The smallest absolute Gasteiger partial charge is 0.207 e. The molecule has 1 atom stereocenters. The Balaban J connectivity index is 2.33. The van der Waals surface area contributed by atoms with Gasteiger partial charge in [-0.2, -0.15) is 5.26 Å². The lowest BCUT2D eigenvalue weighted by Crippen LogP contribution is -2.26. The number of rotatable bonds is 4. The second kappa shape index (κ2) is 6.34. The van der Waals surface area contributed by atoms with Gasteiger partial charge < -0.3 is 0 Å². The molecule has 1 heterocycles. The largest absolute Gasteiger partial charge is 0.242 e. The molecule has 0 amide bonds. The van der Waals surface area contributed by atoms with Crippen LogP contribution in [-0.4, -0.2) is 8.42 Å². The predicted molar refractivity (Wildman–Crippen MR) is 84.2 cm³/mol. The molecule has 0 fully saturated rings. The summed E-state index contributed by atoms with van der Waals surface area (Å²) in [6, 6.07) is 9.00. The zero-order valence-corrected chi connectivity index (χ0v) is 13.9. The van der Waals surface area contributed by atoms with E-state index in [0.717, 1.165) is 4.88 Å². The van der Waals surface area contributed by atoms with E-state index in [4.69, 9.17) is 28.5 Å². The first-order chi connectivity index (χ1) is 9.83. The number of hydrogen-bond donors (Lipinski definition) is 1. The average Bonchev–Trinajstić information content (AvgIpc) is 2.85. The zero-order valence-electron chi connectivity index (χ0n) is 10.8. The van der Waals surface area contributed by atoms with Gasteiger partial charge in [-0.15, -0.1) is 11.3 Å². The molecular formula is C13H10Cl2N2O2S2. The van der Waals surface area contributed by atoms with E-state index in [2.05, 4.69) is 4.72 Å². The minimum Gasteiger partial charge on any atom is -0.207 e. The molecule has 21 heavy (non-hydrogen) atoms. The van der Waals surface area contributed by atoms with E-state index in [1.807, 2.05) is 6.07 Å². The van der Waals surface area contributed by atoms with E-state index in [0.29, 0.717) is 4.34 Å². The first-order valence-corrected chi connectivity index (χ1v) is 8.86. The third-order valence-electron chi connectivity index (χ3n) is 2.70. The SMILES string of the molecule is CC(NS(=O)(=O)c1cc(C#N)ccc1Cl)c1ccc(Cl)s1. The van der Waals surface area contributed by atoms with Crippen LogP contribution in [0.1, 0.15) is 23.4 Å². The maximum atomic E-state index is 12.4. The van der Waals surface area contributed by atoms with E-state index in [-0.39, 0.29) is 15.5 Å². The van der Waals surface area contributed by atoms with Gasteiger partial charge in [0.2, 0.25) is 10.0 Å². The Kier molecular flexibility index (Phi) is 4.91. The van der Waals surface area contributed by atoms with Gasteiger partial charge in [0, 0.05) is 4.88 Å². The number of benzene rings is 1. The Hall–Kier alpha value is -1.10. The van der Waals surface area contributed by atoms with Crippen LogP contribution in [0.25, 0.3) is 0 Å². The highest BCUT2D eigenvalue weighted by molar-refractivity contribution is 7.89. The predicted octanol–water partition coefficient (Wildman–Crippen LogP) is 3.97. The molecule has 0 saturated heterocycles. The molecule has 8 heteroatoms. The van der Waals surface area contributed by atoms with E-state index in [9.17, 15) is 8.42 Å². The van der Waals surface area contributed by atoms with E-state index < -0.39 is 16.1 Å². The Labute approximate surface area is 137 Å². The van der Waals surface area contributed by atoms with Gasteiger partial charge in [-0.3, -0.25) is 0 Å². The van der Waals surface area contributed by atoms with E-state index in [1.54, 1.807) is 19.1 Å². The number of sulfonamides is 1. The number of thiophene rings is 1. The van der Waals surface area contributed by atoms with Crippen LogP contribution in [0.15, 0.2) is 35.2 Å². The molecule has 110 valence electrons. The topological polar surface area (TPSA) is 70.0 Å². The van der Waals surface area contributed by atoms with Crippen molar-refractivity contribution in [3.63, 3.8) is 0 Å². The van der Waals surface area contributed by atoms with Crippen molar-refractivity contribution in [3.05, 3.63) is 50.1 Å². The molecule has 1 unspecified atom stereocenters. The van der Waals surface area contributed by atoms with Crippen molar-refractivity contribution in [1.82, 2.24) is 4.72 Å². The lowest BCUT2D eigenvalue weighted by Gasteiger charge is -2.13. The lowest BCUT2D eigenvalue weighted by atomic mass is 10.2. The van der Waals surface area contributed by atoms with Gasteiger partial charge in [0.1, 0.15) is 4.90 Å². The van der Waals surface area contributed by atoms with Crippen LogP contribution >= 0.6 is 34.5 Å². The fourth-order valence-electron chi connectivity index (χ4n) is 1.69. The number of nitrogens with one attached hydrogen (secondary N) is 1. The lowest BCUT2D eigenvalue weighted by molar-refractivity contribution is 0.568. The molecule has 2 rings (SSSR count). The van der Waals surface area contributed by atoms with Gasteiger partial charge in [0.05, 0.1) is 27.0 Å². The molecule has 0 radical (unpaired) electrons. The average molecular weight is 361 g/mol. The van der Waals surface area contributed by atoms with Crippen LogP contribution in [0.3, 0.4) is 0 Å². The van der Waals surface area contributed by atoms with Crippen molar-refractivity contribution in [2.45, 2.75) is 17.9 Å². The third kappa shape index (κ3) is 3.76. The summed E-state index contributed by atoms with van der Waals surface area (Å²) < 4.78 is 27.9. The molecular weight excluding hydrogens is 351 g/mol. The summed E-state index contributed by atoms with van der Waals surface area (Å²) >= 11 is 13.1. The molecule has 2 aromatic rings. The summed E-state index contributed by atoms with van der Waals surface area (Å²) in [7, 11) is -3.83. The summed E-state index contributed by atoms with van der Waals surface area (Å²) in [6.45, 7) is 1.71. The Morgan fingerprint density at radius 1 is 1.29 bits per heavy atom. The number of nitrogens with zero attached hydrogens (tertiary/aromatic N) is 1. The Bertz CT molecular complexity index is 810. The molecule has 1 N–H and O–H groups in total. The number of nitriles is 1. The van der Waals surface area contributed by atoms with Crippen molar-refractivity contribution in [1.29, 1.82) is 5.26 Å². The maximum Gasteiger partial charge on any atom is 0.242 e. The summed E-state index contributed by atoms with van der Waals surface area (Å²) in [5.41, 5.74) is 0.228. The normalized spacial score (nSPS) is 12.9. The number of hydrogen-bond acceptors (Lipinski definition) is 4. The van der Waals surface area contributed by atoms with Crippen LogP contribution in [0.4, 0.5) is 0 Å². The number of halogens is 2. The van der Waals surface area contributed by atoms with Crippen LogP contribution in [0, 0.1) is 11.3 Å². The first-order valence-electron chi connectivity index (χ1n) is 5.80. The summed E-state index contributed by atoms with van der Waals surface area (Å²) in [5.74, 6) is 0. The molecule has 0 aliphatic heterocycles. The van der Waals surface area contributed by atoms with Gasteiger partial charge in [-0.25, -0.2) is 13.1 Å². The highest BCUT2D eigenvalue weighted by Gasteiger charge is 2.22.